The molecule has 0 saturated heterocycles. The first kappa shape index (κ1) is 18.2. The van der Waals surface area contributed by atoms with Gasteiger partial charge in [-0.1, -0.05) is 17.7 Å². The van der Waals surface area contributed by atoms with Gasteiger partial charge in [0.25, 0.3) is 0 Å². The Hall–Kier alpha value is -2.65. The third-order valence-corrected chi connectivity index (χ3v) is 5.47. The predicted octanol–water partition coefficient (Wildman–Crippen LogP) is 4.28. The van der Waals surface area contributed by atoms with Gasteiger partial charge in [-0.2, -0.15) is 5.26 Å². The molecule has 5 nitrogen and oxygen atoms in total. The minimum Gasteiger partial charge on any atom is -0.481 e. The largest absolute Gasteiger partial charge is 0.481 e. The van der Waals surface area contributed by atoms with Crippen LogP contribution in [-0.4, -0.2) is 22.8 Å². The van der Waals surface area contributed by atoms with E-state index in [1.54, 1.807) is 19.1 Å². The molecule has 0 fully saturated rings. The predicted molar refractivity (Wildman–Crippen MR) is 93.7 cm³/mol. The maximum Gasteiger partial charge on any atom is 0.312 e. The van der Waals surface area contributed by atoms with E-state index in [1.165, 1.54) is 25.3 Å². The third kappa shape index (κ3) is 2.69. The van der Waals surface area contributed by atoms with Crippen molar-refractivity contribution in [2.45, 2.75) is 25.8 Å². The van der Waals surface area contributed by atoms with Gasteiger partial charge in [0, 0.05) is 10.9 Å². The lowest BCUT2D eigenvalue weighted by atomic mass is 9.61. The van der Waals surface area contributed by atoms with Crippen LogP contribution >= 0.6 is 11.6 Å². The topological polar surface area (TPSA) is 86.6 Å². The highest BCUT2D eigenvalue weighted by Crippen LogP contribution is 2.51. The summed E-state index contributed by atoms with van der Waals surface area (Å²) in [6, 6.07) is 8.60. The number of hydrogen-bond donors (Lipinski definition) is 1. The Morgan fingerprint density at radius 1 is 1.46 bits per heavy atom. The first-order valence-electron chi connectivity index (χ1n) is 8.00. The van der Waals surface area contributed by atoms with Crippen molar-refractivity contribution in [3.8, 4) is 6.07 Å². The molecule has 0 saturated carbocycles. The summed E-state index contributed by atoms with van der Waals surface area (Å²) in [5.74, 6) is -2.97. The van der Waals surface area contributed by atoms with Crippen LogP contribution in [0.4, 0.5) is 4.39 Å². The van der Waals surface area contributed by atoms with Crippen molar-refractivity contribution in [2.24, 2.45) is 16.3 Å². The summed E-state index contributed by atoms with van der Waals surface area (Å²) in [4.78, 5) is 16.7. The number of aliphatic carboxylic acids is 1. The van der Waals surface area contributed by atoms with Gasteiger partial charge in [0.05, 0.1) is 35.4 Å². The zero-order valence-corrected chi connectivity index (χ0v) is 14.9. The van der Waals surface area contributed by atoms with E-state index in [4.69, 9.17) is 16.0 Å². The molecule has 1 N–H and O–H groups in total. The molecular formula is C19H16ClFN2O3. The molecule has 7 heteroatoms. The van der Waals surface area contributed by atoms with Crippen LogP contribution in [0.15, 0.2) is 46.0 Å². The van der Waals surface area contributed by atoms with Gasteiger partial charge < -0.3 is 9.52 Å². The number of aliphatic imine (C=N–C) groups is 1. The second-order valence-electron chi connectivity index (χ2n) is 6.51. The average Bonchev–Trinajstić information content (AvgIpc) is 3.11. The Morgan fingerprint density at radius 2 is 2.19 bits per heavy atom. The number of halogens is 2. The van der Waals surface area contributed by atoms with Gasteiger partial charge in [-0.15, -0.1) is 0 Å². The van der Waals surface area contributed by atoms with Crippen LogP contribution in [0.5, 0.6) is 0 Å². The fourth-order valence-corrected chi connectivity index (χ4v) is 3.82. The molecule has 0 bridgehead atoms. The van der Waals surface area contributed by atoms with E-state index in [0.29, 0.717) is 17.0 Å². The molecule has 0 aliphatic carbocycles. The molecule has 1 aliphatic heterocycles. The Labute approximate surface area is 154 Å². The number of rotatable bonds is 3. The fourth-order valence-electron chi connectivity index (χ4n) is 3.53. The van der Waals surface area contributed by atoms with Crippen molar-refractivity contribution in [1.82, 2.24) is 0 Å². The lowest BCUT2D eigenvalue weighted by Crippen LogP contribution is -2.50. The minimum absolute atomic E-state index is 0.0793. The normalized spacial score (nSPS) is 28.3. The van der Waals surface area contributed by atoms with Crippen molar-refractivity contribution in [1.29, 1.82) is 5.26 Å². The summed E-state index contributed by atoms with van der Waals surface area (Å²) in [6.45, 7) is 3.21. The maximum atomic E-state index is 13.5. The van der Waals surface area contributed by atoms with E-state index in [1.807, 2.05) is 0 Å². The summed E-state index contributed by atoms with van der Waals surface area (Å²) >= 11 is 6.23. The first-order valence-corrected chi connectivity index (χ1v) is 8.38. The zero-order chi connectivity index (χ0) is 19.1. The second kappa shape index (κ2) is 6.58. The van der Waals surface area contributed by atoms with Gasteiger partial charge in [-0.05, 0) is 43.7 Å². The van der Waals surface area contributed by atoms with E-state index >= 15 is 0 Å². The molecule has 4 unspecified atom stereocenters. The van der Waals surface area contributed by atoms with E-state index in [9.17, 15) is 19.6 Å². The highest BCUT2D eigenvalue weighted by molar-refractivity contribution is 6.31. The van der Waals surface area contributed by atoms with Gasteiger partial charge >= 0.3 is 5.97 Å². The fraction of sp³-hybridized carbons (Fsp3) is 0.316. The van der Waals surface area contributed by atoms with Crippen LogP contribution in [0.3, 0.4) is 0 Å². The first-order chi connectivity index (χ1) is 12.3. The quantitative estimate of drug-likeness (QED) is 0.868. The van der Waals surface area contributed by atoms with Crippen LogP contribution in [0, 0.1) is 28.5 Å². The summed E-state index contributed by atoms with van der Waals surface area (Å²) in [6.07, 6.45) is 1.46. The molecule has 4 atom stereocenters. The highest BCUT2D eigenvalue weighted by Gasteiger charge is 2.55. The van der Waals surface area contributed by atoms with Crippen LogP contribution in [0.25, 0.3) is 0 Å². The minimum atomic E-state index is -1.40. The lowest BCUT2D eigenvalue weighted by molar-refractivity contribution is -0.151. The van der Waals surface area contributed by atoms with Crippen LogP contribution < -0.4 is 0 Å². The Kier molecular flexibility index (Phi) is 4.59. The molecule has 2 aromatic rings. The number of furan rings is 1. The third-order valence-electron chi connectivity index (χ3n) is 5.15. The lowest BCUT2D eigenvalue weighted by Gasteiger charge is -2.43. The van der Waals surface area contributed by atoms with Gasteiger partial charge in [0.1, 0.15) is 11.6 Å². The number of hydrogen-bond acceptors (Lipinski definition) is 4. The molecular weight excluding hydrogens is 359 g/mol. The van der Waals surface area contributed by atoms with Crippen LogP contribution in [0.1, 0.15) is 31.1 Å². The smallest absolute Gasteiger partial charge is 0.312 e. The molecule has 0 spiro atoms. The highest BCUT2D eigenvalue weighted by atomic mass is 35.5. The SMILES string of the molecule is CC1N=C(c2ccco2)C(C#N)C(c2ccc(F)cc2Cl)C1(C)C(=O)O. The average molecular weight is 375 g/mol. The molecule has 1 aromatic heterocycles. The second-order valence-corrected chi connectivity index (χ2v) is 6.91. The van der Waals surface area contributed by atoms with Gasteiger partial charge in [-0.25, -0.2) is 4.39 Å². The Bertz CT molecular complexity index is 919. The molecule has 1 aliphatic rings. The number of carbonyl (C=O) groups is 1. The van der Waals surface area contributed by atoms with E-state index in [0.717, 1.165) is 6.07 Å². The monoisotopic (exact) mass is 374 g/mol. The summed E-state index contributed by atoms with van der Waals surface area (Å²) in [7, 11) is 0. The Morgan fingerprint density at radius 3 is 2.73 bits per heavy atom. The van der Waals surface area contributed by atoms with Crippen molar-refractivity contribution < 1.29 is 18.7 Å². The van der Waals surface area contributed by atoms with Crippen molar-refractivity contribution in [2.75, 3.05) is 0 Å². The maximum absolute atomic E-state index is 13.5. The summed E-state index contributed by atoms with van der Waals surface area (Å²) in [5, 5.41) is 19.9. The zero-order valence-electron chi connectivity index (χ0n) is 14.1. The molecule has 3 rings (SSSR count). The van der Waals surface area contributed by atoms with Gasteiger partial charge in [0.2, 0.25) is 0 Å². The van der Waals surface area contributed by atoms with Crippen molar-refractivity contribution in [3.05, 3.63) is 58.8 Å². The number of nitriles is 1. The number of nitrogens with zero attached hydrogens (tertiary/aromatic N) is 2. The summed E-state index contributed by atoms with van der Waals surface area (Å²) < 4.78 is 18.9. The summed E-state index contributed by atoms with van der Waals surface area (Å²) in [5.41, 5.74) is -0.637. The molecule has 2 heterocycles. The van der Waals surface area contributed by atoms with E-state index in [2.05, 4.69) is 11.1 Å². The Balaban J connectivity index is 2.27. The van der Waals surface area contributed by atoms with Crippen LogP contribution in [-0.2, 0) is 4.79 Å². The van der Waals surface area contributed by atoms with Gasteiger partial charge in [-0.3, -0.25) is 9.79 Å². The molecule has 0 radical (unpaired) electrons. The standard InChI is InChI=1S/C19H16ClFN2O3/c1-10-19(2,18(24)25)16(12-6-5-11(21)8-14(12)20)13(9-22)17(23-10)15-4-3-7-26-15/h3-8,10,13,16H,1-2H3,(H,24,25). The number of carboxylic acid groups (broad SMARTS) is 1. The molecule has 26 heavy (non-hydrogen) atoms. The van der Waals surface area contributed by atoms with Crippen LogP contribution in [0.2, 0.25) is 5.02 Å². The number of benzene rings is 1. The van der Waals surface area contributed by atoms with Crippen molar-refractivity contribution in [3.63, 3.8) is 0 Å². The van der Waals surface area contributed by atoms with Crippen molar-refractivity contribution >= 4 is 23.3 Å². The van der Waals surface area contributed by atoms with E-state index < -0.39 is 35.1 Å². The molecule has 0 amide bonds. The number of carboxylic acids is 1. The molecule has 1 aromatic carbocycles. The van der Waals surface area contributed by atoms with E-state index in [-0.39, 0.29) is 5.02 Å². The molecule has 134 valence electrons. The van der Waals surface area contributed by atoms with Gasteiger partial charge in [0.15, 0.2) is 0 Å².